The maximum absolute atomic E-state index is 13.2. The van der Waals surface area contributed by atoms with Gasteiger partial charge in [0.05, 0.1) is 11.4 Å². The van der Waals surface area contributed by atoms with Gasteiger partial charge in [0, 0.05) is 20.1 Å². The fourth-order valence-electron chi connectivity index (χ4n) is 3.39. The second-order valence-electron chi connectivity index (χ2n) is 7.50. The molecule has 3 rings (SSSR count). The quantitative estimate of drug-likeness (QED) is 0.287. The highest BCUT2D eigenvalue weighted by molar-refractivity contribution is 5.79. The van der Waals surface area contributed by atoms with Crippen LogP contribution < -0.4 is 16.4 Å². The summed E-state index contributed by atoms with van der Waals surface area (Å²) >= 11 is 0. The molecular formula is C24H28FN7. The van der Waals surface area contributed by atoms with Crippen molar-refractivity contribution >= 4 is 11.8 Å². The lowest BCUT2D eigenvalue weighted by molar-refractivity contribution is 0.627. The zero-order valence-corrected chi connectivity index (χ0v) is 18.3. The number of hydrogen-bond acceptors (Lipinski definition) is 4. The maximum Gasteiger partial charge on any atom is 0.190 e. The summed E-state index contributed by atoms with van der Waals surface area (Å²) in [5.41, 5.74) is 8.98. The average Bonchev–Trinajstić information content (AvgIpc) is 3.14. The molecule has 0 radical (unpaired) electrons. The third-order valence-corrected chi connectivity index (χ3v) is 5.23. The maximum atomic E-state index is 13.2. The van der Waals surface area contributed by atoms with Crippen LogP contribution in [0.1, 0.15) is 36.1 Å². The molecule has 0 spiro atoms. The van der Waals surface area contributed by atoms with E-state index in [4.69, 9.17) is 5.73 Å². The summed E-state index contributed by atoms with van der Waals surface area (Å²) in [5, 5.41) is 20.6. The number of aromatic nitrogens is 2. The molecule has 2 aromatic carbocycles. The fourth-order valence-corrected chi connectivity index (χ4v) is 3.39. The van der Waals surface area contributed by atoms with Gasteiger partial charge in [0.15, 0.2) is 5.96 Å². The van der Waals surface area contributed by atoms with Gasteiger partial charge in [0.2, 0.25) is 0 Å². The van der Waals surface area contributed by atoms with Gasteiger partial charge < -0.3 is 16.4 Å². The highest BCUT2D eigenvalue weighted by Crippen LogP contribution is 2.21. The number of rotatable bonds is 8. The number of nitrogen functional groups attached to an aromatic ring is 1. The lowest BCUT2D eigenvalue weighted by atomic mass is 10.0. The lowest BCUT2D eigenvalue weighted by Crippen LogP contribution is -2.39. The van der Waals surface area contributed by atoms with E-state index in [1.165, 1.54) is 22.4 Å². The second-order valence-corrected chi connectivity index (χ2v) is 7.50. The van der Waals surface area contributed by atoms with E-state index in [0.717, 1.165) is 18.9 Å². The summed E-state index contributed by atoms with van der Waals surface area (Å²) in [5.74, 6) is 0.997. The summed E-state index contributed by atoms with van der Waals surface area (Å²) in [6.07, 6.45) is 1.31. The van der Waals surface area contributed by atoms with Gasteiger partial charge in [-0.25, -0.2) is 9.07 Å². The number of anilines is 1. The topological polar surface area (TPSA) is 104 Å². The third kappa shape index (κ3) is 5.64. The molecule has 0 aliphatic heterocycles. The van der Waals surface area contributed by atoms with Gasteiger partial charge in [0.25, 0.3) is 0 Å². The van der Waals surface area contributed by atoms with Crippen LogP contribution in [0.5, 0.6) is 0 Å². The Morgan fingerprint density at radius 1 is 1.19 bits per heavy atom. The van der Waals surface area contributed by atoms with E-state index < -0.39 is 0 Å². The molecule has 0 aliphatic rings. The number of nitrogens with two attached hydrogens (primary N) is 1. The number of aliphatic imine (C=N–C) groups is 1. The van der Waals surface area contributed by atoms with Crippen LogP contribution >= 0.6 is 0 Å². The Morgan fingerprint density at radius 3 is 2.56 bits per heavy atom. The molecule has 166 valence electrons. The SMILES string of the molecule is CN=C(NCCCc1nn(-c2ccc(F)cc2)c(N)c1C#N)NCC(C)c1ccccc1. The molecule has 0 amide bonds. The summed E-state index contributed by atoms with van der Waals surface area (Å²) < 4.78 is 14.7. The molecule has 1 heterocycles. The molecule has 0 saturated carbocycles. The molecule has 1 unspecified atom stereocenters. The average molecular weight is 434 g/mol. The van der Waals surface area contributed by atoms with E-state index in [1.807, 2.05) is 18.2 Å². The van der Waals surface area contributed by atoms with Crippen molar-refractivity contribution in [3.05, 3.63) is 77.2 Å². The van der Waals surface area contributed by atoms with Crippen LogP contribution in [-0.2, 0) is 6.42 Å². The van der Waals surface area contributed by atoms with Gasteiger partial charge in [-0.15, -0.1) is 0 Å². The molecule has 0 bridgehead atoms. The first kappa shape index (κ1) is 22.8. The zero-order valence-electron chi connectivity index (χ0n) is 18.3. The molecule has 0 fully saturated rings. The molecule has 8 heteroatoms. The summed E-state index contributed by atoms with van der Waals surface area (Å²) in [7, 11) is 1.74. The Balaban J connectivity index is 1.53. The second kappa shape index (κ2) is 11.0. The number of benzene rings is 2. The van der Waals surface area contributed by atoms with Crippen LogP contribution in [0.2, 0.25) is 0 Å². The first-order valence-electron chi connectivity index (χ1n) is 10.6. The fraction of sp³-hybridized carbons (Fsp3) is 0.292. The number of halogens is 1. The molecule has 32 heavy (non-hydrogen) atoms. The molecule has 3 aromatic rings. The Bertz CT molecular complexity index is 1080. The molecule has 7 nitrogen and oxygen atoms in total. The predicted octanol–water partition coefficient (Wildman–Crippen LogP) is 3.37. The van der Waals surface area contributed by atoms with Crippen molar-refractivity contribution in [3.63, 3.8) is 0 Å². The van der Waals surface area contributed by atoms with Crippen molar-refractivity contribution in [3.8, 4) is 11.8 Å². The molecule has 1 aromatic heterocycles. The third-order valence-electron chi connectivity index (χ3n) is 5.23. The molecule has 4 N–H and O–H groups in total. The van der Waals surface area contributed by atoms with Gasteiger partial charge >= 0.3 is 0 Å². The van der Waals surface area contributed by atoms with Gasteiger partial charge in [-0.3, -0.25) is 4.99 Å². The van der Waals surface area contributed by atoms with Crippen LogP contribution in [0.25, 0.3) is 5.69 Å². The highest BCUT2D eigenvalue weighted by atomic mass is 19.1. The van der Waals surface area contributed by atoms with Crippen LogP contribution in [-0.4, -0.2) is 35.9 Å². The highest BCUT2D eigenvalue weighted by Gasteiger charge is 2.16. The molecule has 0 saturated heterocycles. The predicted molar refractivity (Wildman–Crippen MR) is 125 cm³/mol. The Labute approximate surface area is 187 Å². The minimum absolute atomic E-state index is 0.259. The van der Waals surface area contributed by atoms with E-state index in [-0.39, 0.29) is 11.6 Å². The molecule has 0 aliphatic carbocycles. The van der Waals surface area contributed by atoms with E-state index in [9.17, 15) is 9.65 Å². The largest absolute Gasteiger partial charge is 0.382 e. The number of guanidine groups is 1. The Kier molecular flexibility index (Phi) is 7.81. The Hall–Kier alpha value is -3.86. The van der Waals surface area contributed by atoms with E-state index in [0.29, 0.717) is 35.8 Å². The van der Waals surface area contributed by atoms with Crippen LogP contribution in [0.3, 0.4) is 0 Å². The van der Waals surface area contributed by atoms with Crippen molar-refractivity contribution in [2.24, 2.45) is 4.99 Å². The normalized spacial score (nSPS) is 12.2. The van der Waals surface area contributed by atoms with Crippen molar-refractivity contribution in [2.75, 3.05) is 25.9 Å². The number of nitriles is 1. The summed E-state index contributed by atoms with van der Waals surface area (Å²) in [6.45, 7) is 3.59. The van der Waals surface area contributed by atoms with E-state index >= 15 is 0 Å². The minimum Gasteiger partial charge on any atom is -0.382 e. The zero-order chi connectivity index (χ0) is 22.9. The van der Waals surface area contributed by atoms with Crippen LogP contribution in [0.4, 0.5) is 10.2 Å². The number of hydrogen-bond donors (Lipinski definition) is 3. The number of nitrogens with zero attached hydrogens (tertiary/aromatic N) is 4. The summed E-state index contributed by atoms with van der Waals surface area (Å²) in [6, 6.07) is 18.3. The van der Waals surface area contributed by atoms with E-state index in [1.54, 1.807) is 19.2 Å². The number of nitrogens with one attached hydrogen (secondary N) is 2. The van der Waals surface area contributed by atoms with Crippen molar-refractivity contribution < 1.29 is 4.39 Å². The Morgan fingerprint density at radius 2 is 1.91 bits per heavy atom. The van der Waals surface area contributed by atoms with Gasteiger partial charge in [0.1, 0.15) is 23.3 Å². The van der Waals surface area contributed by atoms with Crippen molar-refractivity contribution in [1.29, 1.82) is 5.26 Å². The smallest absolute Gasteiger partial charge is 0.190 e. The lowest BCUT2D eigenvalue weighted by Gasteiger charge is -2.16. The number of aryl methyl sites for hydroxylation is 1. The molecule has 1 atom stereocenters. The monoisotopic (exact) mass is 433 g/mol. The van der Waals surface area contributed by atoms with Crippen LogP contribution in [0.15, 0.2) is 59.6 Å². The van der Waals surface area contributed by atoms with E-state index in [2.05, 4.69) is 45.9 Å². The standard InChI is InChI=1S/C24H28FN7/c1-17(18-7-4-3-5-8-18)16-30-24(28-2)29-14-6-9-22-21(15-26)23(27)32(31-22)20-12-10-19(25)11-13-20/h3-5,7-8,10-13,17H,6,9,14,16,27H2,1-2H3,(H2,28,29,30). The summed E-state index contributed by atoms with van der Waals surface area (Å²) in [4.78, 5) is 4.27. The minimum atomic E-state index is -0.341. The van der Waals surface area contributed by atoms with Crippen molar-refractivity contribution in [1.82, 2.24) is 20.4 Å². The van der Waals surface area contributed by atoms with Gasteiger partial charge in [-0.2, -0.15) is 10.4 Å². The first-order chi connectivity index (χ1) is 15.5. The van der Waals surface area contributed by atoms with Crippen molar-refractivity contribution in [2.45, 2.75) is 25.7 Å². The van der Waals surface area contributed by atoms with Gasteiger partial charge in [-0.05, 0) is 48.6 Å². The van der Waals surface area contributed by atoms with Crippen LogP contribution in [0, 0.1) is 17.1 Å². The first-order valence-corrected chi connectivity index (χ1v) is 10.6. The van der Waals surface area contributed by atoms with Gasteiger partial charge in [-0.1, -0.05) is 37.3 Å². The molecular weight excluding hydrogens is 405 g/mol.